The van der Waals surface area contributed by atoms with Crippen molar-refractivity contribution < 1.29 is 4.42 Å². The third kappa shape index (κ3) is 4.43. The summed E-state index contributed by atoms with van der Waals surface area (Å²) in [5.41, 5.74) is 17.5. The second-order valence-corrected chi connectivity index (χ2v) is 16.3. The minimum Gasteiger partial charge on any atom is -0.456 e. The summed E-state index contributed by atoms with van der Waals surface area (Å²) in [7, 11) is 0. The summed E-state index contributed by atoms with van der Waals surface area (Å²) < 4.78 is 6.41. The Kier molecular flexibility index (Phi) is 6.58. The second-order valence-electron chi connectivity index (χ2n) is 16.3. The molecule has 10 aromatic rings. The fraction of sp³-hybridized carbons (Fsp3) is 0.0909. The van der Waals surface area contributed by atoms with E-state index in [-0.39, 0.29) is 5.41 Å². The van der Waals surface area contributed by atoms with Gasteiger partial charge in [-0.15, -0.1) is 0 Å². The van der Waals surface area contributed by atoms with Crippen LogP contribution in [0.4, 0.5) is 0 Å². The molecule has 2 aliphatic rings. The second kappa shape index (κ2) is 11.7. The fourth-order valence-corrected chi connectivity index (χ4v) is 10.2. The molecule has 1 nitrogen and oxygen atoms in total. The Morgan fingerprint density at radius 2 is 1.11 bits per heavy atom. The first-order valence-electron chi connectivity index (χ1n) is 19.9. The Hall–Kier alpha value is -6.70. The Morgan fingerprint density at radius 1 is 0.464 bits per heavy atom. The van der Waals surface area contributed by atoms with Crippen LogP contribution in [0.5, 0.6) is 0 Å². The quantitative estimate of drug-likeness (QED) is 0.166. The standard InChI is InChI=1S/C55H38O/c1-55(2)46-28-25-34-26-29-49-54(45-20-9-10-21-48(45)56-49)52(34)53(46)44-27-24-39(32-47(44)55)51-42-18-7-5-16-40(42)50(41-17-6-8-19-43(41)51)38-15-11-14-36(31-38)37-23-22-33-12-3-4-13-35(33)30-37/h4-11,13-32H,3,12H2,1-2H3. The highest BCUT2D eigenvalue weighted by Gasteiger charge is 2.37. The van der Waals surface area contributed by atoms with Gasteiger partial charge in [0, 0.05) is 21.6 Å². The average molecular weight is 715 g/mol. The smallest absolute Gasteiger partial charge is 0.136 e. The molecule has 56 heavy (non-hydrogen) atoms. The van der Waals surface area contributed by atoms with Gasteiger partial charge in [-0.25, -0.2) is 0 Å². The summed E-state index contributed by atoms with van der Waals surface area (Å²) in [5.74, 6) is 0. The van der Waals surface area contributed by atoms with Crippen LogP contribution in [-0.2, 0) is 11.8 Å². The van der Waals surface area contributed by atoms with Crippen LogP contribution in [-0.4, -0.2) is 0 Å². The molecule has 0 unspecified atom stereocenters. The minimum absolute atomic E-state index is 0.185. The number of hydrogen-bond donors (Lipinski definition) is 0. The van der Waals surface area contributed by atoms with Crippen LogP contribution in [0.3, 0.4) is 0 Å². The lowest BCUT2D eigenvalue weighted by Gasteiger charge is -2.23. The van der Waals surface area contributed by atoms with E-state index < -0.39 is 0 Å². The molecule has 12 rings (SSSR count). The lowest BCUT2D eigenvalue weighted by atomic mass is 9.80. The van der Waals surface area contributed by atoms with Gasteiger partial charge in [-0.1, -0.05) is 153 Å². The average Bonchev–Trinajstić information content (AvgIpc) is 3.74. The summed E-state index contributed by atoms with van der Waals surface area (Å²) >= 11 is 0. The van der Waals surface area contributed by atoms with E-state index in [1.54, 1.807) is 0 Å². The van der Waals surface area contributed by atoms with E-state index in [1.165, 1.54) is 110 Å². The van der Waals surface area contributed by atoms with Gasteiger partial charge in [-0.05, 0) is 137 Å². The molecule has 0 aliphatic heterocycles. The maximum atomic E-state index is 6.41. The first kappa shape index (κ1) is 31.6. The Labute approximate surface area is 326 Å². The molecule has 1 aromatic heterocycles. The van der Waals surface area contributed by atoms with Gasteiger partial charge in [0.2, 0.25) is 0 Å². The molecule has 0 radical (unpaired) electrons. The number of para-hydroxylation sites is 1. The minimum atomic E-state index is -0.185. The summed E-state index contributed by atoms with van der Waals surface area (Å²) in [5, 5.41) is 10.0. The molecular formula is C55H38O. The van der Waals surface area contributed by atoms with Crippen molar-refractivity contribution in [1.82, 2.24) is 0 Å². The summed E-state index contributed by atoms with van der Waals surface area (Å²) in [6, 6.07) is 58.9. The maximum Gasteiger partial charge on any atom is 0.136 e. The summed E-state index contributed by atoms with van der Waals surface area (Å²) in [6.07, 6.45) is 6.82. The molecule has 264 valence electrons. The van der Waals surface area contributed by atoms with Crippen LogP contribution in [0.2, 0.25) is 0 Å². The number of rotatable bonds is 3. The van der Waals surface area contributed by atoms with Crippen LogP contribution < -0.4 is 0 Å². The van der Waals surface area contributed by atoms with E-state index in [2.05, 4.69) is 184 Å². The van der Waals surface area contributed by atoms with Crippen molar-refractivity contribution in [3.63, 3.8) is 0 Å². The van der Waals surface area contributed by atoms with Crippen LogP contribution in [0.25, 0.3) is 105 Å². The van der Waals surface area contributed by atoms with Gasteiger partial charge in [0.05, 0.1) is 0 Å². The molecular weight excluding hydrogens is 677 g/mol. The van der Waals surface area contributed by atoms with Gasteiger partial charge in [0.25, 0.3) is 0 Å². The van der Waals surface area contributed by atoms with Gasteiger partial charge < -0.3 is 4.42 Å². The van der Waals surface area contributed by atoms with Crippen molar-refractivity contribution in [1.29, 1.82) is 0 Å². The molecule has 9 aromatic carbocycles. The fourth-order valence-electron chi connectivity index (χ4n) is 10.2. The van der Waals surface area contributed by atoms with Crippen molar-refractivity contribution in [2.24, 2.45) is 0 Å². The molecule has 0 saturated carbocycles. The number of furan rings is 1. The van der Waals surface area contributed by atoms with Crippen LogP contribution in [0.1, 0.15) is 42.5 Å². The first-order valence-corrected chi connectivity index (χ1v) is 19.9. The number of hydrogen-bond acceptors (Lipinski definition) is 1. The van der Waals surface area contributed by atoms with E-state index in [0.29, 0.717) is 0 Å². The molecule has 0 spiro atoms. The summed E-state index contributed by atoms with van der Waals surface area (Å²) in [6.45, 7) is 4.79. The van der Waals surface area contributed by atoms with Gasteiger partial charge in [0.1, 0.15) is 11.2 Å². The zero-order chi connectivity index (χ0) is 37.1. The van der Waals surface area contributed by atoms with Crippen molar-refractivity contribution in [3.8, 4) is 44.5 Å². The Morgan fingerprint density at radius 3 is 1.88 bits per heavy atom. The topological polar surface area (TPSA) is 13.1 Å². The summed E-state index contributed by atoms with van der Waals surface area (Å²) in [4.78, 5) is 0. The maximum absolute atomic E-state index is 6.41. The lowest BCUT2D eigenvalue weighted by Crippen LogP contribution is -2.15. The first-order chi connectivity index (χ1) is 27.5. The molecule has 1 heteroatoms. The zero-order valence-corrected chi connectivity index (χ0v) is 31.5. The van der Waals surface area contributed by atoms with E-state index in [1.807, 2.05) is 0 Å². The molecule has 0 N–H and O–H groups in total. The van der Waals surface area contributed by atoms with Crippen LogP contribution in [0.15, 0.2) is 168 Å². The SMILES string of the molecule is CC1(C)c2cc(-c3c4ccccc4c(-c4cccc(-c5ccc6c(c5)C=CCC6)c4)c4ccccc34)ccc2-c2c1ccc1ccc3oc4ccccc4c3c21. The highest BCUT2D eigenvalue weighted by atomic mass is 16.3. The van der Waals surface area contributed by atoms with Gasteiger partial charge in [0.15, 0.2) is 0 Å². The molecule has 0 amide bonds. The molecule has 0 atom stereocenters. The largest absolute Gasteiger partial charge is 0.456 e. The predicted octanol–water partition coefficient (Wildman–Crippen LogP) is 15.3. The van der Waals surface area contributed by atoms with Crippen molar-refractivity contribution in [2.75, 3.05) is 0 Å². The number of aryl methyl sites for hydroxylation is 1. The van der Waals surface area contributed by atoms with E-state index in [0.717, 1.165) is 24.0 Å². The van der Waals surface area contributed by atoms with E-state index >= 15 is 0 Å². The number of benzene rings is 9. The predicted molar refractivity (Wildman–Crippen MR) is 237 cm³/mol. The number of fused-ring (bicyclic) bond motifs is 12. The van der Waals surface area contributed by atoms with Crippen molar-refractivity contribution in [2.45, 2.75) is 32.1 Å². The van der Waals surface area contributed by atoms with Gasteiger partial charge >= 0.3 is 0 Å². The number of allylic oxidation sites excluding steroid dienone is 1. The highest BCUT2D eigenvalue weighted by Crippen LogP contribution is 2.55. The third-order valence-corrected chi connectivity index (χ3v) is 12.9. The monoisotopic (exact) mass is 714 g/mol. The Bertz CT molecular complexity index is 3280. The molecule has 0 fully saturated rings. The van der Waals surface area contributed by atoms with Crippen LogP contribution in [0, 0.1) is 0 Å². The normalized spacial score (nSPS) is 14.2. The van der Waals surface area contributed by atoms with Gasteiger partial charge in [-0.2, -0.15) is 0 Å². The highest BCUT2D eigenvalue weighted by molar-refractivity contribution is 6.25. The van der Waals surface area contributed by atoms with Crippen molar-refractivity contribution in [3.05, 3.63) is 186 Å². The van der Waals surface area contributed by atoms with Crippen LogP contribution >= 0.6 is 0 Å². The molecule has 1 heterocycles. The molecule has 0 bridgehead atoms. The zero-order valence-electron chi connectivity index (χ0n) is 31.5. The molecule has 2 aliphatic carbocycles. The lowest BCUT2D eigenvalue weighted by molar-refractivity contribution is 0.661. The van der Waals surface area contributed by atoms with Gasteiger partial charge in [-0.3, -0.25) is 0 Å². The van der Waals surface area contributed by atoms with E-state index in [4.69, 9.17) is 4.42 Å². The van der Waals surface area contributed by atoms with Crippen molar-refractivity contribution >= 4 is 60.3 Å². The molecule has 0 saturated heterocycles. The Balaban J connectivity index is 1.07. The van der Waals surface area contributed by atoms with E-state index in [9.17, 15) is 0 Å². The third-order valence-electron chi connectivity index (χ3n) is 12.9.